The summed E-state index contributed by atoms with van der Waals surface area (Å²) >= 11 is 0. The lowest BCUT2D eigenvalue weighted by molar-refractivity contribution is -0.127. The fraction of sp³-hybridized carbons (Fsp3) is 0.727. The number of rotatable bonds is 7. The van der Waals surface area contributed by atoms with Crippen LogP contribution in [0.2, 0.25) is 0 Å². The Labute approximate surface area is 107 Å². The number of hydrogen-bond donors (Lipinski definition) is 1. The van der Waals surface area contributed by atoms with Crippen molar-refractivity contribution < 1.29 is 9.21 Å². The van der Waals surface area contributed by atoms with Crippen molar-refractivity contribution in [3.63, 3.8) is 0 Å². The van der Waals surface area contributed by atoms with Crippen LogP contribution in [0.5, 0.6) is 0 Å². The molecule has 0 radical (unpaired) electrons. The standard InChI is InChI=1S/C11H21N5O2/c1-5-6-16(8-10(17)15(3)4)11-14-13-9(18-11)7-12-2/h12H,5-8H2,1-4H3. The molecular weight excluding hydrogens is 234 g/mol. The van der Waals surface area contributed by atoms with Gasteiger partial charge < -0.3 is 19.5 Å². The summed E-state index contributed by atoms with van der Waals surface area (Å²) in [5, 5.41) is 10.8. The van der Waals surface area contributed by atoms with Gasteiger partial charge in [0.2, 0.25) is 11.8 Å². The van der Waals surface area contributed by atoms with Gasteiger partial charge in [0.15, 0.2) is 0 Å². The van der Waals surface area contributed by atoms with E-state index >= 15 is 0 Å². The van der Waals surface area contributed by atoms with E-state index in [9.17, 15) is 4.79 Å². The molecule has 0 atom stereocenters. The van der Waals surface area contributed by atoms with Crippen molar-refractivity contribution in [2.24, 2.45) is 0 Å². The Bertz CT molecular complexity index is 377. The largest absolute Gasteiger partial charge is 0.407 e. The number of nitrogens with zero attached hydrogens (tertiary/aromatic N) is 4. The van der Waals surface area contributed by atoms with Crippen LogP contribution < -0.4 is 10.2 Å². The summed E-state index contributed by atoms with van der Waals surface area (Å²) in [6.45, 7) is 3.52. The maximum atomic E-state index is 11.7. The van der Waals surface area contributed by atoms with Gasteiger partial charge in [-0.3, -0.25) is 4.79 Å². The third-order valence-electron chi connectivity index (χ3n) is 2.37. The number of anilines is 1. The van der Waals surface area contributed by atoms with Crippen LogP contribution in [0.4, 0.5) is 6.01 Å². The van der Waals surface area contributed by atoms with Gasteiger partial charge in [0.25, 0.3) is 0 Å². The maximum Gasteiger partial charge on any atom is 0.318 e. The number of aromatic nitrogens is 2. The van der Waals surface area contributed by atoms with Crippen molar-refractivity contribution in [2.45, 2.75) is 19.9 Å². The van der Waals surface area contributed by atoms with Gasteiger partial charge in [0, 0.05) is 20.6 Å². The van der Waals surface area contributed by atoms with Gasteiger partial charge >= 0.3 is 6.01 Å². The van der Waals surface area contributed by atoms with Crippen LogP contribution in [0.1, 0.15) is 19.2 Å². The monoisotopic (exact) mass is 255 g/mol. The van der Waals surface area contributed by atoms with Crippen molar-refractivity contribution in [1.29, 1.82) is 0 Å². The van der Waals surface area contributed by atoms with Crippen LogP contribution in [-0.2, 0) is 11.3 Å². The van der Waals surface area contributed by atoms with E-state index in [0.29, 0.717) is 25.0 Å². The molecule has 0 bridgehead atoms. The molecule has 1 aromatic heterocycles. The van der Waals surface area contributed by atoms with Gasteiger partial charge in [0.05, 0.1) is 6.54 Å². The second kappa shape index (κ2) is 6.95. The van der Waals surface area contributed by atoms with Gasteiger partial charge in [-0.1, -0.05) is 12.0 Å². The highest BCUT2D eigenvalue weighted by atomic mass is 16.4. The molecule has 18 heavy (non-hydrogen) atoms. The first kappa shape index (κ1) is 14.4. The van der Waals surface area contributed by atoms with Crippen LogP contribution in [0.3, 0.4) is 0 Å². The first-order valence-corrected chi connectivity index (χ1v) is 6.00. The average Bonchev–Trinajstić information content (AvgIpc) is 2.77. The number of hydrogen-bond acceptors (Lipinski definition) is 6. The lowest BCUT2D eigenvalue weighted by Crippen LogP contribution is -2.37. The lowest BCUT2D eigenvalue weighted by Gasteiger charge is -2.20. The SMILES string of the molecule is CCCN(CC(=O)N(C)C)c1nnc(CNC)o1. The zero-order valence-corrected chi connectivity index (χ0v) is 11.4. The van der Waals surface area contributed by atoms with Crippen molar-refractivity contribution in [3.8, 4) is 0 Å². The van der Waals surface area contributed by atoms with Crippen LogP contribution in [0.15, 0.2) is 4.42 Å². The van der Waals surface area contributed by atoms with Crippen LogP contribution in [0.25, 0.3) is 0 Å². The second-order valence-electron chi connectivity index (χ2n) is 4.22. The average molecular weight is 255 g/mol. The van der Waals surface area contributed by atoms with E-state index in [2.05, 4.69) is 15.5 Å². The molecule has 0 aliphatic heterocycles. The van der Waals surface area contributed by atoms with Crippen molar-refractivity contribution in [3.05, 3.63) is 5.89 Å². The van der Waals surface area contributed by atoms with Crippen LogP contribution in [0, 0.1) is 0 Å². The van der Waals surface area contributed by atoms with Gasteiger partial charge in [-0.15, -0.1) is 5.10 Å². The summed E-state index contributed by atoms with van der Waals surface area (Å²) in [5.74, 6) is 0.530. The Morgan fingerprint density at radius 3 is 2.67 bits per heavy atom. The molecule has 1 rings (SSSR count). The molecule has 0 saturated heterocycles. The van der Waals surface area contributed by atoms with E-state index < -0.39 is 0 Å². The molecular formula is C11H21N5O2. The highest BCUT2D eigenvalue weighted by Gasteiger charge is 2.17. The highest BCUT2D eigenvalue weighted by Crippen LogP contribution is 2.12. The summed E-state index contributed by atoms with van der Waals surface area (Å²) in [4.78, 5) is 15.1. The van der Waals surface area contributed by atoms with E-state index in [-0.39, 0.29) is 12.5 Å². The quantitative estimate of drug-likeness (QED) is 0.744. The number of likely N-dealkylation sites (N-methyl/N-ethyl adjacent to an activating group) is 1. The van der Waals surface area contributed by atoms with Gasteiger partial charge in [-0.25, -0.2) is 0 Å². The van der Waals surface area contributed by atoms with Crippen molar-refractivity contribution in [1.82, 2.24) is 20.4 Å². The Kier molecular flexibility index (Phi) is 5.57. The van der Waals surface area contributed by atoms with Crippen molar-refractivity contribution in [2.75, 3.05) is 39.1 Å². The Balaban J connectivity index is 2.73. The third-order valence-corrected chi connectivity index (χ3v) is 2.37. The number of carbonyl (C=O) groups excluding carboxylic acids is 1. The minimum absolute atomic E-state index is 0.0109. The smallest absolute Gasteiger partial charge is 0.318 e. The molecule has 0 fully saturated rings. The molecule has 1 heterocycles. The maximum absolute atomic E-state index is 11.7. The molecule has 0 aliphatic rings. The van der Waals surface area contributed by atoms with E-state index in [1.54, 1.807) is 23.9 Å². The van der Waals surface area contributed by atoms with Gasteiger partial charge in [-0.05, 0) is 13.5 Å². The molecule has 0 aromatic carbocycles. The number of carbonyl (C=O) groups is 1. The zero-order chi connectivity index (χ0) is 13.5. The molecule has 1 aromatic rings. The molecule has 0 aliphatic carbocycles. The molecule has 102 valence electrons. The molecule has 7 nitrogen and oxygen atoms in total. The summed E-state index contributed by atoms with van der Waals surface area (Å²) in [5.41, 5.74) is 0. The topological polar surface area (TPSA) is 74.5 Å². The minimum Gasteiger partial charge on any atom is -0.407 e. The van der Waals surface area contributed by atoms with E-state index in [1.807, 2.05) is 14.0 Å². The fourth-order valence-electron chi connectivity index (χ4n) is 1.41. The molecule has 0 unspecified atom stereocenters. The first-order chi connectivity index (χ1) is 8.58. The molecule has 0 spiro atoms. The summed E-state index contributed by atoms with van der Waals surface area (Å²) in [6.07, 6.45) is 0.907. The zero-order valence-electron chi connectivity index (χ0n) is 11.4. The highest BCUT2D eigenvalue weighted by molar-refractivity contribution is 5.80. The van der Waals surface area contributed by atoms with Gasteiger partial charge in [-0.2, -0.15) is 0 Å². The lowest BCUT2D eigenvalue weighted by atomic mass is 10.4. The van der Waals surface area contributed by atoms with Gasteiger partial charge in [0.1, 0.15) is 6.54 Å². The summed E-state index contributed by atoms with van der Waals surface area (Å²) < 4.78 is 5.49. The van der Waals surface area contributed by atoms with Crippen LogP contribution in [-0.4, -0.2) is 55.2 Å². The Morgan fingerprint density at radius 2 is 2.11 bits per heavy atom. The number of nitrogens with one attached hydrogen (secondary N) is 1. The third kappa shape index (κ3) is 3.99. The van der Waals surface area contributed by atoms with E-state index in [0.717, 1.165) is 6.42 Å². The minimum atomic E-state index is 0.0109. The molecule has 0 saturated carbocycles. The summed E-state index contributed by atoms with van der Waals surface area (Å²) in [7, 11) is 5.27. The first-order valence-electron chi connectivity index (χ1n) is 6.00. The van der Waals surface area contributed by atoms with E-state index in [1.165, 1.54) is 0 Å². The summed E-state index contributed by atoms with van der Waals surface area (Å²) in [6, 6.07) is 0.400. The van der Waals surface area contributed by atoms with Crippen molar-refractivity contribution >= 4 is 11.9 Å². The molecule has 1 N–H and O–H groups in total. The fourth-order valence-corrected chi connectivity index (χ4v) is 1.41. The Morgan fingerprint density at radius 1 is 1.39 bits per heavy atom. The molecule has 7 heteroatoms. The predicted octanol–water partition coefficient (Wildman–Crippen LogP) is 0.0936. The second-order valence-corrected chi connectivity index (χ2v) is 4.22. The molecule has 1 amide bonds. The van der Waals surface area contributed by atoms with Crippen LogP contribution >= 0.6 is 0 Å². The number of amides is 1. The van der Waals surface area contributed by atoms with E-state index in [4.69, 9.17) is 4.42 Å². The predicted molar refractivity (Wildman–Crippen MR) is 68.3 cm³/mol. The Hall–Kier alpha value is -1.63. The normalized spacial score (nSPS) is 10.4.